The standard InChI is InChI=1S/C16H19ClFN3O/c1-10(2)8-21-9-19-6-12(21)7-20-16(22)14-13(18)5-4-11(3)15(14)17/h4-6,9-10H,7-8H2,1-3H3,(H,20,22). The average Bonchev–Trinajstić information content (AvgIpc) is 2.87. The van der Waals surface area contributed by atoms with Crippen LogP contribution in [0.4, 0.5) is 4.39 Å². The predicted octanol–water partition coefficient (Wildman–Crippen LogP) is 3.57. The van der Waals surface area contributed by atoms with E-state index in [1.165, 1.54) is 6.07 Å². The Balaban J connectivity index is 2.11. The Labute approximate surface area is 134 Å². The van der Waals surface area contributed by atoms with E-state index in [0.717, 1.165) is 12.2 Å². The Morgan fingerprint density at radius 1 is 1.45 bits per heavy atom. The van der Waals surface area contributed by atoms with Crippen molar-refractivity contribution < 1.29 is 9.18 Å². The van der Waals surface area contributed by atoms with Gasteiger partial charge in [0.15, 0.2) is 0 Å². The van der Waals surface area contributed by atoms with Gasteiger partial charge in [0.25, 0.3) is 5.91 Å². The molecule has 0 saturated heterocycles. The molecule has 0 fully saturated rings. The summed E-state index contributed by atoms with van der Waals surface area (Å²) in [6.07, 6.45) is 3.42. The maximum Gasteiger partial charge on any atom is 0.256 e. The van der Waals surface area contributed by atoms with Crippen molar-refractivity contribution in [3.05, 3.63) is 52.3 Å². The summed E-state index contributed by atoms with van der Waals surface area (Å²) in [5, 5.41) is 2.85. The second kappa shape index (κ2) is 6.92. The first-order valence-corrected chi connectivity index (χ1v) is 7.49. The molecule has 118 valence electrons. The van der Waals surface area contributed by atoms with E-state index in [1.54, 1.807) is 25.5 Å². The first-order chi connectivity index (χ1) is 10.4. The van der Waals surface area contributed by atoms with Crippen LogP contribution < -0.4 is 5.32 Å². The van der Waals surface area contributed by atoms with Gasteiger partial charge in [0.2, 0.25) is 0 Å². The molecular formula is C16H19ClFN3O. The lowest BCUT2D eigenvalue weighted by molar-refractivity contribution is 0.0946. The summed E-state index contributed by atoms with van der Waals surface area (Å²) < 4.78 is 15.8. The van der Waals surface area contributed by atoms with Gasteiger partial charge < -0.3 is 9.88 Å². The lowest BCUT2D eigenvalue weighted by Gasteiger charge is -2.12. The van der Waals surface area contributed by atoms with Crippen molar-refractivity contribution in [1.82, 2.24) is 14.9 Å². The van der Waals surface area contributed by atoms with Gasteiger partial charge in [-0.25, -0.2) is 9.37 Å². The molecule has 4 nitrogen and oxygen atoms in total. The van der Waals surface area contributed by atoms with Gasteiger partial charge in [0.05, 0.1) is 29.2 Å². The van der Waals surface area contributed by atoms with Crippen LogP contribution in [0.15, 0.2) is 24.7 Å². The number of aromatic nitrogens is 2. The fourth-order valence-electron chi connectivity index (χ4n) is 2.18. The Kier molecular flexibility index (Phi) is 5.19. The van der Waals surface area contributed by atoms with Crippen molar-refractivity contribution in [3.63, 3.8) is 0 Å². The van der Waals surface area contributed by atoms with Gasteiger partial charge in [0, 0.05) is 12.7 Å². The quantitative estimate of drug-likeness (QED) is 0.914. The van der Waals surface area contributed by atoms with Crippen molar-refractivity contribution in [2.45, 2.75) is 33.9 Å². The summed E-state index contributed by atoms with van der Waals surface area (Å²) in [4.78, 5) is 16.3. The summed E-state index contributed by atoms with van der Waals surface area (Å²) in [5.74, 6) is -0.681. The third-order valence-corrected chi connectivity index (χ3v) is 3.79. The van der Waals surface area contributed by atoms with E-state index in [4.69, 9.17) is 11.6 Å². The third-order valence-electron chi connectivity index (χ3n) is 3.30. The van der Waals surface area contributed by atoms with Crippen LogP contribution in [0.5, 0.6) is 0 Å². The van der Waals surface area contributed by atoms with E-state index in [-0.39, 0.29) is 17.1 Å². The van der Waals surface area contributed by atoms with Crippen LogP contribution in [-0.4, -0.2) is 15.5 Å². The number of carbonyl (C=O) groups excluding carboxylic acids is 1. The van der Waals surface area contributed by atoms with Gasteiger partial charge >= 0.3 is 0 Å². The third kappa shape index (κ3) is 3.65. The Hall–Kier alpha value is -1.88. The van der Waals surface area contributed by atoms with Crippen LogP contribution in [0, 0.1) is 18.7 Å². The van der Waals surface area contributed by atoms with Crippen molar-refractivity contribution >= 4 is 17.5 Å². The summed E-state index contributed by atoms with van der Waals surface area (Å²) >= 11 is 6.04. The van der Waals surface area contributed by atoms with Crippen LogP contribution in [0.3, 0.4) is 0 Å². The number of carbonyl (C=O) groups is 1. The van der Waals surface area contributed by atoms with E-state index in [2.05, 4.69) is 24.1 Å². The molecule has 0 saturated carbocycles. The molecule has 0 bridgehead atoms. The van der Waals surface area contributed by atoms with Crippen molar-refractivity contribution in [1.29, 1.82) is 0 Å². The number of hydrogen-bond donors (Lipinski definition) is 1. The number of benzene rings is 1. The molecule has 1 aromatic heterocycles. The highest BCUT2D eigenvalue weighted by Crippen LogP contribution is 2.23. The smallest absolute Gasteiger partial charge is 0.256 e. The van der Waals surface area contributed by atoms with E-state index in [9.17, 15) is 9.18 Å². The molecule has 0 radical (unpaired) electrons. The monoisotopic (exact) mass is 323 g/mol. The van der Waals surface area contributed by atoms with Crippen LogP contribution >= 0.6 is 11.6 Å². The number of aryl methyl sites for hydroxylation is 1. The van der Waals surface area contributed by atoms with E-state index >= 15 is 0 Å². The maximum absolute atomic E-state index is 13.8. The number of halogens is 2. The fraction of sp³-hybridized carbons (Fsp3) is 0.375. The van der Waals surface area contributed by atoms with Crippen LogP contribution in [-0.2, 0) is 13.1 Å². The molecule has 0 aliphatic carbocycles. The van der Waals surface area contributed by atoms with Crippen LogP contribution in [0.1, 0.15) is 35.5 Å². The van der Waals surface area contributed by atoms with E-state index in [1.807, 2.05) is 4.57 Å². The molecular weight excluding hydrogens is 305 g/mol. The number of hydrogen-bond acceptors (Lipinski definition) is 2. The molecule has 0 aliphatic rings. The average molecular weight is 324 g/mol. The fourth-order valence-corrected chi connectivity index (χ4v) is 2.42. The molecule has 1 aromatic carbocycles. The van der Waals surface area contributed by atoms with Gasteiger partial charge in [-0.05, 0) is 24.5 Å². The van der Waals surface area contributed by atoms with Crippen LogP contribution in [0.25, 0.3) is 0 Å². The normalized spacial score (nSPS) is 11.0. The zero-order valence-electron chi connectivity index (χ0n) is 12.9. The highest BCUT2D eigenvalue weighted by atomic mass is 35.5. The number of nitrogens with one attached hydrogen (secondary N) is 1. The first-order valence-electron chi connectivity index (χ1n) is 7.12. The largest absolute Gasteiger partial charge is 0.346 e. The van der Waals surface area contributed by atoms with Crippen molar-refractivity contribution in [3.8, 4) is 0 Å². The number of nitrogens with zero attached hydrogens (tertiary/aromatic N) is 2. The number of rotatable bonds is 5. The summed E-state index contributed by atoms with van der Waals surface area (Å²) in [6.45, 7) is 7.02. The summed E-state index contributed by atoms with van der Waals surface area (Å²) in [6, 6.07) is 2.80. The Morgan fingerprint density at radius 2 is 2.18 bits per heavy atom. The zero-order chi connectivity index (χ0) is 16.3. The van der Waals surface area contributed by atoms with Crippen LogP contribution in [0.2, 0.25) is 5.02 Å². The molecule has 0 spiro atoms. The Bertz CT molecular complexity index is 682. The SMILES string of the molecule is Cc1ccc(F)c(C(=O)NCc2cncn2CC(C)C)c1Cl. The molecule has 0 aliphatic heterocycles. The molecule has 0 atom stereocenters. The lowest BCUT2D eigenvalue weighted by atomic mass is 10.1. The van der Waals surface area contributed by atoms with Crippen molar-refractivity contribution in [2.24, 2.45) is 5.92 Å². The summed E-state index contributed by atoms with van der Waals surface area (Å²) in [7, 11) is 0. The minimum absolute atomic E-state index is 0.114. The second-order valence-corrected chi connectivity index (χ2v) is 6.05. The second-order valence-electron chi connectivity index (χ2n) is 5.67. The molecule has 1 amide bonds. The molecule has 1 heterocycles. The highest BCUT2D eigenvalue weighted by molar-refractivity contribution is 6.34. The van der Waals surface area contributed by atoms with Crippen molar-refractivity contribution in [2.75, 3.05) is 0 Å². The molecule has 2 aromatic rings. The van der Waals surface area contributed by atoms with E-state index < -0.39 is 11.7 Å². The van der Waals surface area contributed by atoms with Gasteiger partial charge in [-0.15, -0.1) is 0 Å². The predicted molar refractivity (Wildman–Crippen MR) is 84.4 cm³/mol. The number of amides is 1. The number of imidazole rings is 1. The zero-order valence-corrected chi connectivity index (χ0v) is 13.6. The highest BCUT2D eigenvalue weighted by Gasteiger charge is 2.18. The van der Waals surface area contributed by atoms with Gasteiger partial charge in [0.1, 0.15) is 5.82 Å². The lowest BCUT2D eigenvalue weighted by Crippen LogP contribution is -2.26. The summed E-state index contributed by atoms with van der Waals surface area (Å²) in [5.41, 5.74) is 1.42. The minimum Gasteiger partial charge on any atom is -0.346 e. The van der Waals surface area contributed by atoms with Gasteiger partial charge in [-0.3, -0.25) is 4.79 Å². The minimum atomic E-state index is -0.621. The van der Waals surface area contributed by atoms with Gasteiger partial charge in [-0.2, -0.15) is 0 Å². The molecule has 1 N–H and O–H groups in total. The van der Waals surface area contributed by atoms with E-state index in [0.29, 0.717) is 11.5 Å². The molecule has 2 rings (SSSR count). The first kappa shape index (κ1) is 16.5. The Morgan fingerprint density at radius 3 is 2.86 bits per heavy atom. The van der Waals surface area contributed by atoms with Gasteiger partial charge in [-0.1, -0.05) is 31.5 Å². The molecule has 6 heteroatoms. The molecule has 22 heavy (non-hydrogen) atoms. The molecule has 0 unspecified atom stereocenters. The maximum atomic E-state index is 13.8. The topological polar surface area (TPSA) is 46.9 Å².